The van der Waals surface area contributed by atoms with Gasteiger partial charge in [0.2, 0.25) is 0 Å². The van der Waals surface area contributed by atoms with Crippen LogP contribution in [0.1, 0.15) is 32.1 Å². The Balaban J connectivity index is 1.86. The molecule has 0 amide bonds. The second-order valence-electron chi connectivity index (χ2n) is 3.56. The number of rotatable bonds is 6. The highest BCUT2D eigenvalue weighted by Crippen LogP contribution is 2.12. The zero-order valence-electron chi connectivity index (χ0n) is 8.34. The van der Waals surface area contributed by atoms with E-state index < -0.39 is 0 Å². The normalized spacial score (nSPS) is 23.3. The third-order valence-corrected chi connectivity index (χ3v) is 2.32. The molecule has 3 heteroatoms. The van der Waals surface area contributed by atoms with Crippen LogP contribution in [0.4, 0.5) is 0 Å². The summed E-state index contributed by atoms with van der Waals surface area (Å²) in [4.78, 5) is 0. The predicted octanol–water partition coefficient (Wildman–Crippen LogP) is 1.31. The summed E-state index contributed by atoms with van der Waals surface area (Å²) >= 11 is 0. The molecular weight excluding hydrogens is 166 g/mol. The summed E-state index contributed by atoms with van der Waals surface area (Å²) in [6, 6.07) is 0. The fraction of sp³-hybridized carbons (Fsp3) is 1.00. The maximum absolute atomic E-state index is 5.53. The Kier molecular flexibility index (Phi) is 6.15. The average molecular weight is 187 g/mol. The van der Waals surface area contributed by atoms with Crippen molar-refractivity contribution in [1.29, 1.82) is 0 Å². The average Bonchev–Trinajstić information content (AvgIpc) is 2.19. The summed E-state index contributed by atoms with van der Waals surface area (Å²) in [5.41, 5.74) is 5.37. The van der Waals surface area contributed by atoms with Crippen molar-refractivity contribution in [1.82, 2.24) is 0 Å². The molecule has 3 nitrogen and oxygen atoms in total. The van der Waals surface area contributed by atoms with Crippen LogP contribution in [0, 0.1) is 0 Å². The minimum Gasteiger partial charge on any atom is -0.379 e. The molecule has 2 N–H and O–H groups in total. The number of hydrogen-bond acceptors (Lipinski definition) is 3. The third-order valence-electron chi connectivity index (χ3n) is 2.32. The molecule has 0 aromatic carbocycles. The van der Waals surface area contributed by atoms with Gasteiger partial charge in [-0.1, -0.05) is 0 Å². The number of unbranched alkanes of at least 4 members (excludes halogenated alkanes) is 1. The molecule has 0 aromatic heterocycles. The van der Waals surface area contributed by atoms with Crippen LogP contribution in [0.5, 0.6) is 0 Å². The second-order valence-corrected chi connectivity index (χ2v) is 3.56. The van der Waals surface area contributed by atoms with E-state index in [1.54, 1.807) is 0 Å². The van der Waals surface area contributed by atoms with Crippen molar-refractivity contribution in [2.24, 2.45) is 5.73 Å². The van der Waals surface area contributed by atoms with E-state index in [9.17, 15) is 0 Å². The van der Waals surface area contributed by atoms with Gasteiger partial charge < -0.3 is 15.2 Å². The Morgan fingerprint density at radius 1 is 1.31 bits per heavy atom. The summed E-state index contributed by atoms with van der Waals surface area (Å²) in [6.45, 7) is 3.28. The first-order valence-electron chi connectivity index (χ1n) is 5.33. The smallest absolute Gasteiger partial charge is 0.0808 e. The van der Waals surface area contributed by atoms with Crippen LogP contribution in [0.25, 0.3) is 0 Å². The van der Waals surface area contributed by atoms with Crippen molar-refractivity contribution in [3.63, 3.8) is 0 Å². The molecule has 0 bridgehead atoms. The molecular formula is C10H21NO2. The second kappa shape index (κ2) is 7.30. The van der Waals surface area contributed by atoms with Gasteiger partial charge >= 0.3 is 0 Å². The standard InChI is InChI=1S/C10H21NO2/c11-6-2-4-7-12-9-10-5-1-3-8-13-10/h10H,1-9,11H2. The summed E-state index contributed by atoms with van der Waals surface area (Å²) in [5, 5.41) is 0. The Hall–Kier alpha value is -0.120. The van der Waals surface area contributed by atoms with Gasteiger partial charge in [-0.05, 0) is 38.6 Å². The maximum Gasteiger partial charge on any atom is 0.0808 e. The van der Waals surface area contributed by atoms with Crippen molar-refractivity contribution >= 4 is 0 Å². The third kappa shape index (κ3) is 5.24. The first-order chi connectivity index (χ1) is 6.43. The molecule has 13 heavy (non-hydrogen) atoms. The lowest BCUT2D eigenvalue weighted by Gasteiger charge is -2.22. The molecule has 0 spiro atoms. The molecule has 1 rings (SSSR count). The quantitative estimate of drug-likeness (QED) is 0.638. The Labute approximate surface area is 80.6 Å². The molecule has 0 aliphatic carbocycles. The van der Waals surface area contributed by atoms with Gasteiger partial charge in [-0.2, -0.15) is 0 Å². The van der Waals surface area contributed by atoms with Crippen LogP contribution in [-0.2, 0) is 9.47 Å². The van der Waals surface area contributed by atoms with Gasteiger partial charge in [0.15, 0.2) is 0 Å². The van der Waals surface area contributed by atoms with Crippen molar-refractivity contribution in [3.8, 4) is 0 Å². The van der Waals surface area contributed by atoms with E-state index in [2.05, 4.69) is 0 Å². The van der Waals surface area contributed by atoms with Gasteiger partial charge in [-0.25, -0.2) is 0 Å². The van der Waals surface area contributed by atoms with Crippen LogP contribution < -0.4 is 5.73 Å². The first-order valence-corrected chi connectivity index (χ1v) is 5.33. The Morgan fingerprint density at radius 2 is 2.23 bits per heavy atom. The predicted molar refractivity (Wildman–Crippen MR) is 52.7 cm³/mol. The number of ether oxygens (including phenoxy) is 2. The maximum atomic E-state index is 5.53. The highest BCUT2D eigenvalue weighted by molar-refractivity contribution is 4.62. The highest BCUT2D eigenvalue weighted by Gasteiger charge is 2.13. The summed E-state index contributed by atoms with van der Waals surface area (Å²) in [6.07, 6.45) is 6.15. The minimum atomic E-state index is 0.353. The lowest BCUT2D eigenvalue weighted by Crippen LogP contribution is -2.24. The van der Waals surface area contributed by atoms with Crippen molar-refractivity contribution in [2.45, 2.75) is 38.2 Å². The van der Waals surface area contributed by atoms with E-state index >= 15 is 0 Å². The van der Waals surface area contributed by atoms with E-state index in [0.717, 1.165) is 45.6 Å². The lowest BCUT2D eigenvalue weighted by atomic mass is 10.1. The van der Waals surface area contributed by atoms with Gasteiger partial charge in [0, 0.05) is 13.2 Å². The molecule has 1 aliphatic heterocycles. The Morgan fingerprint density at radius 3 is 2.92 bits per heavy atom. The van der Waals surface area contributed by atoms with Crippen LogP contribution in [-0.4, -0.2) is 32.5 Å². The van der Waals surface area contributed by atoms with Crippen molar-refractivity contribution in [3.05, 3.63) is 0 Å². The molecule has 1 unspecified atom stereocenters. The number of nitrogens with two attached hydrogens (primary N) is 1. The van der Waals surface area contributed by atoms with Crippen LogP contribution >= 0.6 is 0 Å². The van der Waals surface area contributed by atoms with Crippen LogP contribution in [0.15, 0.2) is 0 Å². The van der Waals surface area contributed by atoms with Crippen LogP contribution in [0.3, 0.4) is 0 Å². The molecule has 0 aromatic rings. The SMILES string of the molecule is NCCCCOCC1CCCCO1. The minimum absolute atomic E-state index is 0.353. The molecule has 0 radical (unpaired) electrons. The Bertz CT molecular complexity index is 113. The molecule has 0 saturated carbocycles. The molecule has 1 atom stereocenters. The van der Waals surface area contributed by atoms with Gasteiger partial charge in [0.05, 0.1) is 12.7 Å². The van der Waals surface area contributed by atoms with E-state index in [0.29, 0.717) is 6.10 Å². The topological polar surface area (TPSA) is 44.5 Å². The molecule has 78 valence electrons. The van der Waals surface area contributed by atoms with E-state index in [1.165, 1.54) is 12.8 Å². The first kappa shape index (κ1) is 11.0. The molecule has 1 aliphatic rings. The summed E-state index contributed by atoms with van der Waals surface area (Å²) in [5.74, 6) is 0. The van der Waals surface area contributed by atoms with Gasteiger partial charge in [0.25, 0.3) is 0 Å². The summed E-state index contributed by atoms with van der Waals surface area (Å²) in [7, 11) is 0. The fourth-order valence-electron chi connectivity index (χ4n) is 1.50. The van der Waals surface area contributed by atoms with Gasteiger partial charge in [0.1, 0.15) is 0 Å². The fourth-order valence-corrected chi connectivity index (χ4v) is 1.50. The number of hydrogen-bond donors (Lipinski definition) is 1. The van der Waals surface area contributed by atoms with E-state index in [-0.39, 0.29) is 0 Å². The van der Waals surface area contributed by atoms with E-state index in [1.807, 2.05) is 0 Å². The molecule has 1 heterocycles. The zero-order chi connectivity index (χ0) is 9.36. The molecule has 1 saturated heterocycles. The van der Waals surface area contributed by atoms with Crippen LogP contribution in [0.2, 0.25) is 0 Å². The monoisotopic (exact) mass is 187 g/mol. The van der Waals surface area contributed by atoms with Crippen molar-refractivity contribution < 1.29 is 9.47 Å². The lowest BCUT2D eigenvalue weighted by molar-refractivity contribution is -0.0410. The molecule has 1 fully saturated rings. The largest absolute Gasteiger partial charge is 0.379 e. The van der Waals surface area contributed by atoms with Gasteiger partial charge in [-0.3, -0.25) is 0 Å². The zero-order valence-corrected chi connectivity index (χ0v) is 8.34. The van der Waals surface area contributed by atoms with Gasteiger partial charge in [-0.15, -0.1) is 0 Å². The van der Waals surface area contributed by atoms with E-state index in [4.69, 9.17) is 15.2 Å². The summed E-state index contributed by atoms with van der Waals surface area (Å²) < 4.78 is 11.0. The highest BCUT2D eigenvalue weighted by atomic mass is 16.5. The van der Waals surface area contributed by atoms with Crippen molar-refractivity contribution in [2.75, 3.05) is 26.4 Å².